The molecule has 0 aliphatic carbocycles. The molecule has 0 aromatic rings. The molecule has 1 saturated heterocycles. The lowest BCUT2D eigenvalue weighted by Crippen LogP contribution is -2.39. The zero-order valence-electron chi connectivity index (χ0n) is 9.39. The van der Waals surface area contributed by atoms with Crippen molar-refractivity contribution in [2.75, 3.05) is 38.7 Å². The Morgan fingerprint density at radius 1 is 1.21 bits per heavy atom. The van der Waals surface area contributed by atoms with Gasteiger partial charge in [-0.3, -0.25) is 0 Å². The van der Waals surface area contributed by atoms with E-state index in [1.54, 1.807) is 0 Å². The molecule has 0 aromatic heterocycles. The van der Waals surface area contributed by atoms with Crippen molar-refractivity contribution < 1.29 is 4.74 Å². The van der Waals surface area contributed by atoms with E-state index in [2.05, 4.69) is 18.7 Å². The molecule has 0 spiro atoms. The maximum atomic E-state index is 5.52. The molecule has 0 atom stereocenters. The molecule has 0 radical (unpaired) electrons. The molecule has 1 heterocycles. The third kappa shape index (κ3) is 4.63. The van der Waals surface area contributed by atoms with Gasteiger partial charge in [0, 0.05) is 12.4 Å². The zero-order chi connectivity index (χ0) is 10.4. The molecule has 0 amide bonds. The van der Waals surface area contributed by atoms with Crippen molar-refractivity contribution in [2.45, 2.75) is 26.7 Å². The smallest absolute Gasteiger partial charge is 0.0602 e. The Kier molecular flexibility index (Phi) is 5.21. The van der Waals surface area contributed by atoms with E-state index in [0.29, 0.717) is 17.9 Å². The van der Waals surface area contributed by atoms with Gasteiger partial charge in [-0.15, -0.1) is 11.6 Å². The van der Waals surface area contributed by atoms with E-state index in [-0.39, 0.29) is 0 Å². The van der Waals surface area contributed by atoms with Gasteiger partial charge in [0.15, 0.2) is 0 Å². The summed E-state index contributed by atoms with van der Waals surface area (Å²) in [5.41, 5.74) is 0.549. The predicted octanol–water partition coefficient (Wildman–Crippen LogP) is 2.36. The van der Waals surface area contributed by atoms with E-state index in [0.717, 1.165) is 13.2 Å². The lowest BCUT2D eigenvalue weighted by Gasteiger charge is -2.36. The first-order valence-electron chi connectivity index (χ1n) is 5.50. The zero-order valence-corrected chi connectivity index (χ0v) is 10.1. The fourth-order valence-electron chi connectivity index (χ4n) is 1.73. The van der Waals surface area contributed by atoms with Crippen LogP contribution in [0.25, 0.3) is 0 Å². The molecular formula is C11H22ClNO. The number of hydrogen-bond donors (Lipinski definition) is 0. The van der Waals surface area contributed by atoms with Crippen molar-refractivity contribution in [1.82, 2.24) is 4.90 Å². The van der Waals surface area contributed by atoms with E-state index in [4.69, 9.17) is 16.3 Å². The van der Waals surface area contributed by atoms with Crippen LogP contribution < -0.4 is 0 Å². The number of ether oxygens (including phenoxy) is 1. The Balaban J connectivity index is 2.04. The highest BCUT2D eigenvalue weighted by Gasteiger charge is 2.24. The van der Waals surface area contributed by atoms with Crippen LogP contribution in [0.3, 0.4) is 0 Å². The maximum absolute atomic E-state index is 5.52. The van der Waals surface area contributed by atoms with E-state index in [1.165, 1.54) is 25.9 Å². The van der Waals surface area contributed by atoms with Gasteiger partial charge in [-0.1, -0.05) is 13.8 Å². The van der Waals surface area contributed by atoms with Crippen molar-refractivity contribution >= 4 is 11.6 Å². The van der Waals surface area contributed by atoms with E-state index in [9.17, 15) is 0 Å². The topological polar surface area (TPSA) is 12.5 Å². The van der Waals surface area contributed by atoms with Crippen LogP contribution in [-0.4, -0.2) is 43.6 Å². The largest absolute Gasteiger partial charge is 0.379 e. The van der Waals surface area contributed by atoms with Crippen LogP contribution >= 0.6 is 11.6 Å². The van der Waals surface area contributed by atoms with Crippen LogP contribution in [0, 0.1) is 5.41 Å². The van der Waals surface area contributed by atoms with Crippen molar-refractivity contribution in [3.8, 4) is 0 Å². The number of halogens is 1. The molecule has 1 aliphatic rings. The Morgan fingerprint density at radius 3 is 2.43 bits per heavy atom. The second-order valence-electron chi connectivity index (χ2n) is 4.81. The monoisotopic (exact) mass is 219 g/mol. The molecule has 0 N–H and O–H groups in total. The third-order valence-corrected chi connectivity index (χ3v) is 3.14. The number of piperidine rings is 1. The summed E-state index contributed by atoms with van der Waals surface area (Å²) >= 11 is 5.52. The molecule has 2 nitrogen and oxygen atoms in total. The van der Waals surface area contributed by atoms with Gasteiger partial charge in [0.25, 0.3) is 0 Å². The molecule has 0 unspecified atom stereocenters. The van der Waals surface area contributed by atoms with Crippen molar-refractivity contribution in [3.05, 3.63) is 0 Å². The third-order valence-electron chi connectivity index (χ3n) is 2.98. The average Bonchev–Trinajstić information content (AvgIpc) is 2.15. The number of likely N-dealkylation sites (tertiary alicyclic amines) is 1. The quantitative estimate of drug-likeness (QED) is 0.520. The van der Waals surface area contributed by atoms with Crippen LogP contribution in [0.1, 0.15) is 26.7 Å². The van der Waals surface area contributed by atoms with Crippen molar-refractivity contribution in [2.24, 2.45) is 5.41 Å². The van der Waals surface area contributed by atoms with Crippen LogP contribution in [0.5, 0.6) is 0 Å². The Morgan fingerprint density at radius 2 is 1.86 bits per heavy atom. The number of nitrogens with zero attached hydrogens (tertiary/aromatic N) is 1. The second-order valence-corrected chi connectivity index (χ2v) is 5.19. The summed E-state index contributed by atoms with van der Waals surface area (Å²) in [4.78, 5) is 2.49. The van der Waals surface area contributed by atoms with Crippen LogP contribution in [0.2, 0.25) is 0 Å². The summed E-state index contributed by atoms with van der Waals surface area (Å²) in [6.07, 6.45) is 2.62. The standard InChI is InChI=1S/C11H22ClNO/c1-11(2)3-6-13(7-4-11)8-10-14-9-5-12/h3-10H2,1-2H3. The first-order chi connectivity index (χ1) is 6.64. The molecule has 14 heavy (non-hydrogen) atoms. The van der Waals surface area contributed by atoms with Gasteiger partial charge in [-0.05, 0) is 31.3 Å². The molecule has 0 aromatic carbocycles. The summed E-state index contributed by atoms with van der Waals surface area (Å²) < 4.78 is 5.36. The Labute approximate surface area is 92.6 Å². The summed E-state index contributed by atoms with van der Waals surface area (Å²) in [5.74, 6) is 0.604. The van der Waals surface area contributed by atoms with E-state index in [1.807, 2.05) is 0 Å². The minimum Gasteiger partial charge on any atom is -0.379 e. The molecule has 1 rings (SSSR count). The first kappa shape index (κ1) is 12.3. The number of hydrogen-bond acceptors (Lipinski definition) is 2. The molecule has 0 saturated carbocycles. The molecule has 0 bridgehead atoms. The highest BCUT2D eigenvalue weighted by Crippen LogP contribution is 2.29. The van der Waals surface area contributed by atoms with Gasteiger partial charge >= 0.3 is 0 Å². The molecular weight excluding hydrogens is 198 g/mol. The van der Waals surface area contributed by atoms with E-state index < -0.39 is 0 Å². The molecule has 1 fully saturated rings. The maximum Gasteiger partial charge on any atom is 0.0602 e. The summed E-state index contributed by atoms with van der Waals surface area (Å²) in [6.45, 7) is 9.72. The van der Waals surface area contributed by atoms with Gasteiger partial charge in [-0.25, -0.2) is 0 Å². The summed E-state index contributed by atoms with van der Waals surface area (Å²) in [5, 5.41) is 0. The fraction of sp³-hybridized carbons (Fsp3) is 1.00. The lowest BCUT2D eigenvalue weighted by atomic mass is 9.83. The van der Waals surface area contributed by atoms with Gasteiger partial charge < -0.3 is 9.64 Å². The molecule has 3 heteroatoms. The average molecular weight is 220 g/mol. The number of alkyl halides is 1. The Hall–Kier alpha value is 0.210. The highest BCUT2D eigenvalue weighted by atomic mass is 35.5. The highest BCUT2D eigenvalue weighted by molar-refractivity contribution is 6.17. The number of rotatable bonds is 5. The van der Waals surface area contributed by atoms with Gasteiger partial charge in [0.2, 0.25) is 0 Å². The van der Waals surface area contributed by atoms with Crippen LogP contribution in [0.4, 0.5) is 0 Å². The second kappa shape index (κ2) is 5.94. The minimum atomic E-state index is 0.549. The molecule has 1 aliphatic heterocycles. The van der Waals surface area contributed by atoms with Gasteiger partial charge in [-0.2, -0.15) is 0 Å². The van der Waals surface area contributed by atoms with Crippen molar-refractivity contribution in [1.29, 1.82) is 0 Å². The summed E-state index contributed by atoms with van der Waals surface area (Å²) in [6, 6.07) is 0. The molecule has 84 valence electrons. The normalized spacial score (nSPS) is 22.5. The minimum absolute atomic E-state index is 0.549. The van der Waals surface area contributed by atoms with Gasteiger partial charge in [0.1, 0.15) is 0 Å². The Bertz CT molecular complexity index is 151. The predicted molar refractivity (Wildman–Crippen MR) is 61.0 cm³/mol. The fourth-order valence-corrected chi connectivity index (χ4v) is 1.84. The summed E-state index contributed by atoms with van der Waals surface area (Å²) in [7, 11) is 0. The lowest BCUT2D eigenvalue weighted by molar-refractivity contribution is 0.0798. The van der Waals surface area contributed by atoms with E-state index >= 15 is 0 Å². The van der Waals surface area contributed by atoms with Crippen LogP contribution in [0.15, 0.2) is 0 Å². The van der Waals surface area contributed by atoms with Crippen molar-refractivity contribution in [3.63, 3.8) is 0 Å². The van der Waals surface area contributed by atoms with Crippen LogP contribution in [-0.2, 0) is 4.74 Å². The SMILES string of the molecule is CC1(C)CCN(CCOCCCl)CC1. The first-order valence-corrected chi connectivity index (χ1v) is 6.03. The van der Waals surface area contributed by atoms with Gasteiger partial charge in [0.05, 0.1) is 13.2 Å².